The molecule has 0 atom stereocenters. The van der Waals surface area contributed by atoms with Crippen molar-refractivity contribution in [3.63, 3.8) is 0 Å². The van der Waals surface area contributed by atoms with Crippen LogP contribution in [0, 0.1) is 6.92 Å². The second-order valence-corrected chi connectivity index (χ2v) is 12.0. The highest BCUT2D eigenvalue weighted by Gasteiger charge is 2.26. The second kappa shape index (κ2) is 10.4. The number of thiazole rings is 1. The number of carbonyl (C=O) groups excluding carboxylic acids is 1. The number of amides is 1. The van der Waals surface area contributed by atoms with Gasteiger partial charge in [-0.2, -0.15) is 0 Å². The van der Waals surface area contributed by atoms with Crippen LogP contribution < -0.4 is 10.6 Å². The van der Waals surface area contributed by atoms with E-state index in [0.717, 1.165) is 77.8 Å². The average molecular weight is 518 g/mol. The van der Waals surface area contributed by atoms with Crippen molar-refractivity contribution in [2.75, 3.05) is 31.5 Å². The molecular weight excluding hydrogens is 486 g/mol. The Morgan fingerprint density at radius 1 is 1.17 bits per heavy atom. The third kappa shape index (κ3) is 4.95. The van der Waals surface area contributed by atoms with Gasteiger partial charge in [0.2, 0.25) is 5.91 Å². The lowest BCUT2D eigenvalue weighted by Gasteiger charge is -2.32. The summed E-state index contributed by atoms with van der Waals surface area (Å²) in [4.78, 5) is 25.9. The molecule has 0 unspecified atom stereocenters. The first-order valence-corrected chi connectivity index (χ1v) is 14.4. The normalized spacial score (nSPS) is 16.8. The Kier molecular flexibility index (Phi) is 6.84. The number of benzene rings is 1. The van der Waals surface area contributed by atoms with Crippen molar-refractivity contribution in [3.8, 4) is 10.6 Å². The minimum atomic E-state index is 0.0891. The standard InChI is InChI=1S/C28H31N5OS2/c1-18-2-4-19(5-3-18)20-8-13-33(14-9-20)15-10-25(34)32-28-26(21-6-11-30-17-24(21)36-28)27-31-22-16-29-12-7-23(22)35-27/h2-5,7,12,16,20,30H,6,8-11,13-15,17H2,1H3,(H,32,34). The molecule has 186 valence electrons. The van der Waals surface area contributed by atoms with Crippen molar-refractivity contribution in [1.82, 2.24) is 20.2 Å². The maximum absolute atomic E-state index is 13.1. The maximum Gasteiger partial charge on any atom is 0.226 e. The van der Waals surface area contributed by atoms with Crippen molar-refractivity contribution in [2.24, 2.45) is 0 Å². The number of hydrogen-bond acceptors (Lipinski definition) is 7. The molecule has 6 rings (SSSR count). The number of nitrogens with one attached hydrogen (secondary N) is 2. The molecule has 2 N–H and O–H groups in total. The molecule has 36 heavy (non-hydrogen) atoms. The molecule has 0 bridgehead atoms. The molecule has 6 nitrogen and oxygen atoms in total. The number of piperidine rings is 1. The Balaban J connectivity index is 1.11. The zero-order chi connectivity index (χ0) is 24.5. The second-order valence-electron chi connectivity index (χ2n) is 9.82. The van der Waals surface area contributed by atoms with E-state index in [1.165, 1.54) is 21.6 Å². The molecule has 1 aromatic carbocycles. The van der Waals surface area contributed by atoms with E-state index in [1.54, 1.807) is 22.7 Å². The van der Waals surface area contributed by atoms with Gasteiger partial charge >= 0.3 is 0 Å². The van der Waals surface area contributed by atoms with Crippen LogP contribution in [-0.2, 0) is 17.8 Å². The number of nitrogens with zero attached hydrogens (tertiary/aromatic N) is 3. The first kappa shape index (κ1) is 23.7. The minimum absolute atomic E-state index is 0.0891. The van der Waals surface area contributed by atoms with Gasteiger partial charge in [-0.15, -0.1) is 22.7 Å². The van der Waals surface area contributed by atoms with Gasteiger partial charge < -0.3 is 15.5 Å². The molecule has 1 amide bonds. The van der Waals surface area contributed by atoms with Crippen LogP contribution in [0.3, 0.4) is 0 Å². The third-order valence-electron chi connectivity index (χ3n) is 7.38. The number of fused-ring (bicyclic) bond motifs is 2. The first-order chi connectivity index (χ1) is 17.6. The number of rotatable bonds is 6. The predicted molar refractivity (Wildman–Crippen MR) is 149 cm³/mol. The molecule has 0 aliphatic carbocycles. The topological polar surface area (TPSA) is 70.2 Å². The highest BCUT2D eigenvalue weighted by atomic mass is 32.1. The molecule has 0 spiro atoms. The lowest BCUT2D eigenvalue weighted by Crippen LogP contribution is -2.35. The van der Waals surface area contributed by atoms with Gasteiger partial charge in [0.05, 0.1) is 10.9 Å². The molecular formula is C28H31N5OS2. The van der Waals surface area contributed by atoms with E-state index in [9.17, 15) is 4.79 Å². The fourth-order valence-corrected chi connectivity index (χ4v) is 7.62. The summed E-state index contributed by atoms with van der Waals surface area (Å²) in [6.45, 7) is 6.85. The van der Waals surface area contributed by atoms with E-state index in [-0.39, 0.29) is 5.91 Å². The van der Waals surface area contributed by atoms with Crippen LogP contribution in [0.15, 0.2) is 42.7 Å². The summed E-state index contributed by atoms with van der Waals surface area (Å²) in [6, 6.07) is 11.0. The Bertz CT molecular complexity index is 1340. The van der Waals surface area contributed by atoms with Gasteiger partial charge in [0, 0.05) is 36.1 Å². The molecule has 5 heterocycles. The van der Waals surface area contributed by atoms with Gasteiger partial charge in [0.1, 0.15) is 15.5 Å². The van der Waals surface area contributed by atoms with Crippen molar-refractivity contribution >= 4 is 43.8 Å². The van der Waals surface area contributed by atoms with Crippen LogP contribution in [0.4, 0.5) is 5.00 Å². The molecule has 1 fully saturated rings. The number of likely N-dealkylation sites (tertiary alicyclic amines) is 1. The van der Waals surface area contributed by atoms with Crippen LogP contribution in [0.1, 0.15) is 46.7 Å². The molecule has 1 saturated heterocycles. The average Bonchev–Trinajstić information content (AvgIpc) is 3.49. The van der Waals surface area contributed by atoms with Gasteiger partial charge in [-0.3, -0.25) is 9.78 Å². The monoisotopic (exact) mass is 517 g/mol. The Labute approximate surface area is 219 Å². The fourth-order valence-electron chi connectivity index (χ4n) is 5.31. The minimum Gasteiger partial charge on any atom is -0.317 e. The largest absolute Gasteiger partial charge is 0.317 e. The number of hydrogen-bond donors (Lipinski definition) is 2. The number of thiophene rings is 1. The molecule has 2 aliphatic rings. The lowest BCUT2D eigenvalue weighted by molar-refractivity contribution is -0.116. The third-order valence-corrected chi connectivity index (χ3v) is 9.58. The molecule has 2 aliphatic heterocycles. The zero-order valence-electron chi connectivity index (χ0n) is 20.5. The number of aryl methyl sites for hydroxylation is 1. The first-order valence-electron chi connectivity index (χ1n) is 12.8. The van der Waals surface area contributed by atoms with Gasteiger partial charge in [0.15, 0.2) is 0 Å². The van der Waals surface area contributed by atoms with E-state index in [2.05, 4.69) is 51.7 Å². The van der Waals surface area contributed by atoms with Gasteiger partial charge in [0.25, 0.3) is 0 Å². The summed E-state index contributed by atoms with van der Waals surface area (Å²) in [5.41, 5.74) is 6.13. The van der Waals surface area contributed by atoms with E-state index < -0.39 is 0 Å². The highest BCUT2D eigenvalue weighted by molar-refractivity contribution is 7.22. The number of anilines is 1. The van der Waals surface area contributed by atoms with Crippen LogP contribution >= 0.6 is 22.7 Å². The zero-order valence-corrected chi connectivity index (χ0v) is 22.2. The van der Waals surface area contributed by atoms with Gasteiger partial charge in [-0.05, 0) is 68.9 Å². The summed E-state index contributed by atoms with van der Waals surface area (Å²) in [5, 5.41) is 8.65. The Morgan fingerprint density at radius 3 is 2.81 bits per heavy atom. The predicted octanol–water partition coefficient (Wildman–Crippen LogP) is 5.58. The summed E-state index contributed by atoms with van der Waals surface area (Å²) in [5.74, 6) is 0.722. The number of carbonyl (C=O) groups is 1. The Hall–Kier alpha value is -2.65. The molecule has 3 aromatic heterocycles. The van der Waals surface area contributed by atoms with Crippen LogP contribution in [0.2, 0.25) is 0 Å². The summed E-state index contributed by atoms with van der Waals surface area (Å²) in [6.07, 6.45) is 7.41. The maximum atomic E-state index is 13.1. The number of aromatic nitrogens is 2. The summed E-state index contributed by atoms with van der Waals surface area (Å²) < 4.78 is 1.13. The molecule has 0 radical (unpaired) electrons. The fraction of sp³-hybridized carbons (Fsp3) is 0.393. The lowest BCUT2D eigenvalue weighted by atomic mass is 9.89. The quantitative estimate of drug-likeness (QED) is 0.349. The van der Waals surface area contributed by atoms with E-state index in [1.807, 2.05) is 18.5 Å². The molecule has 4 aromatic rings. The van der Waals surface area contributed by atoms with Crippen molar-refractivity contribution in [1.29, 1.82) is 0 Å². The van der Waals surface area contributed by atoms with Crippen LogP contribution in [0.5, 0.6) is 0 Å². The van der Waals surface area contributed by atoms with E-state index in [4.69, 9.17) is 4.98 Å². The van der Waals surface area contributed by atoms with Crippen molar-refractivity contribution in [2.45, 2.75) is 45.1 Å². The molecule has 0 saturated carbocycles. The Morgan fingerprint density at radius 2 is 2.00 bits per heavy atom. The SMILES string of the molecule is Cc1ccc(C2CCN(CCC(=O)Nc3sc4c(c3-c3nc5cnccc5s3)CCNC4)CC2)cc1. The van der Waals surface area contributed by atoms with Gasteiger partial charge in [-0.1, -0.05) is 29.8 Å². The highest BCUT2D eigenvalue weighted by Crippen LogP contribution is 2.44. The van der Waals surface area contributed by atoms with E-state index in [0.29, 0.717) is 12.3 Å². The van der Waals surface area contributed by atoms with Crippen LogP contribution in [-0.4, -0.2) is 47.0 Å². The molecule has 8 heteroatoms. The van der Waals surface area contributed by atoms with Crippen molar-refractivity contribution < 1.29 is 4.79 Å². The summed E-state index contributed by atoms with van der Waals surface area (Å²) >= 11 is 3.38. The smallest absolute Gasteiger partial charge is 0.226 e. The van der Waals surface area contributed by atoms with Crippen LogP contribution in [0.25, 0.3) is 20.8 Å². The number of pyridine rings is 1. The van der Waals surface area contributed by atoms with Crippen molar-refractivity contribution in [3.05, 3.63) is 64.3 Å². The summed E-state index contributed by atoms with van der Waals surface area (Å²) in [7, 11) is 0. The van der Waals surface area contributed by atoms with Gasteiger partial charge in [-0.25, -0.2) is 4.98 Å². The van der Waals surface area contributed by atoms with E-state index >= 15 is 0 Å².